The normalized spacial score (nSPS) is 10.9. The predicted octanol–water partition coefficient (Wildman–Crippen LogP) is 2.77. The number of amides is 2. The summed E-state index contributed by atoms with van der Waals surface area (Å²) in [4.78, 5) is 23.9. The van der Waals surface area contributed by atoms with Crippen molar-refractivity contribution in [2.45, 2.75) is 4.21 Å². The minimum Gasteiger partial charge on any atom is -0.507 e. The van der Waals surface area contributed by atoms with Crippen LogP contribution in [0.3, 0.4) is 0 Å². The number of hydrogen-bond donors (Lipinski definition) is 3. The molecule has 0 spiro atoms. The molecule has 3 rings (SSSR count). The highest BCUT2D eigenvalue weighted by molar-refractivity contribution is 7.94. The van der Waals surface area contributed by atoms with Gasteiger partial charge in [-0.05, 0) is 53.9 Å². The Hall–Kier alpha value is -3.28. The first-order valence-corrected chi connectivity index (χ1v) is 11.7. The van der Waals surface area contributed by atoms with Crippen LogP contribution in [0.15, 0.2) is 64.2 Å². The Kier molecular flexibility index (Phi) is 7.23. The first kappa shape index (κ1) is 23.4. The standard InChI is InChI=1S/C20H18ClN3O6S2/c1-24(32(28,29)19-3-2-10-31-19)14-5-7-15(8-6-14)30-12-18(26)22-23-20(27)16-11-13(21)4-9-17(16)25/h2-11,25H,12H2,1H3,(H,22,26)(H,23,27). The molecule has 9 nitrogen and oxygen atoms in total. The fraction of sp³-hybridized carbons (Fsp3) is 0.100. The number of hydrogen-bond acceptors (Lipinski definition) is 7. The minimum atomic E-state index is -3.65. The summed E-state index contributed by atoms with van der Waals surface area (Å²) in [5, 5.41) is 11.6. The summed E-state index contributed by atoms with van der Waals surface area (Å²) in [5.41, 5.74) is 4.63. The van der Waals surface area contributed by atoms with E-state index >= 15 is 0 Å². The summed E-state index contributed by atoms with van der Waals surface area (Å²) < 4.78 is 31.8. The van der Waals surface area contributed by atoms with Crippen LogP contribution in [0.5, 0.6) is 11.5 Å². The fourth-order valence-electron chi connectivity index (χ4n) is 2.51. The smallest absolute Gasteiger partial charge is 0.276 e. The van der Waals surface area contributed by atoms with E-state index in [2.05, 4.69) is 10.9 Å². The monoisotopic (exact) mass is 495 g/mol. The second kappa shape index (κ2) is 9.90. The molecule has 0 fully saturated rings. The number of aromatic hydroxyl groups is 1. The Morgan fingerprint density at radius 3 is 2.50 bits per heavy atom. The molecule has 168 valence electrons. The van der Waals surface area contributed by atoms with Crippen molar-refractivity contribution in [3.05, 3.63) is 70.6 Å². The van der Waals surface area contributed by atoms with Gasteiger partial charge < -0.3 is 9.84 Å². The average Bonchev–Trinajstić information content (AvgIpc) is 3.33. The fourth-order valence-corrected chi connectivity index (χ4v) is 5.03. The van der Waals surface area contributed by atoms with Crippen LogP contribution in [0, 0.1) is 0 Å². The van der Waals surface area contributed by atoms with Crippen molar-refractivity contribution in [3.8, 4) is 11.5 Å². The molecule has 2 aromatic carbocycles. The summed E-state index contributed by atoms with van der Waals surface area (Å²) >= 11 is 6.91. The van der Waals surface area contributed by atoms with E-state index in [0.717, 1.165) is 15.6 Å². The van der Waals surface area contributed by atoms with Crippen LogP contribution in [-0.2, 0) is 14.8 Å². The summed E-state index contributed by atoms with van der Waals surface area (Å²) in [5.74, 6) is -1.37. The summed E-state index contributed by atoms with van der Waals surface area (Å²) in [6, 6.07) is 13.2. The molecule has 0 radical (unpaired) electrons. The van der Waals surface area contributed by atoms with Crippen molar-refractivity contribution < 1.29 is 27.9 Å². The van der Waals surface area contributed by atoms with Gasteiger partial charge in [-0.3, -0.25) is 24.7 Å². The first-order valence-electron chi connectivity index (χ1n) is 9.01. The molecule has 1 aromatic heterocycles. The highest BCUT2D eigenvalue weighted by Gasteiger charge is 2.22. The Morgan fingerprint density at radius 1 is 1.12 bits per heavy atom. The van der Waals surface area contributed by atoms with Crippen molar-refractivity contribution in [2.75, 3.05) is 18.0 Å². The highest BCUT2D eigenvalue weighted by atomic mass is 35.5. The van der Waals surface area contributed by atoms with Gasteiger partial charge in [0.1, 0.15) is 15.7 Å². The third kappa shape index (κ3) is 5.49. The van der Waals surface area contributed by atoms with Crippen LogP contribution in [0.2, 0.25) is 5.02 Å². The number of phenolic OH excluding ortho intramolecular Hbond substituents is 1. The first-order chi connectivity index (χ1) is 15.2. The van der Waals surface area contributed by atoms with E-state index in [0.29, 0.717) is 11.4 Å². The van der Waals surface area contributed by atoms with Gasteiger partial charge in [0.05, 0.1) is 11.3 Å². The lowest BCUT2D eigenvalue weighted by Crippen LogP contribution is -2.43. The molecule has 2 amide bonds. The lowest BCUT2D eigenvalue weighted by atomic mass is 10.2. The molecule has 1 heterocycles. The number of halogens is 1. The lowest BCUT2D eigenvalue weighted by Gasteiger charge is -2.18. The van der Waals surface area contributed by atoms with E-state index < -0.39 is 28.4 Å². The highest BCUT2D eigenvalue weighted by Crippen LogP contribution is 2.26. The van der Waals surface area contributed by atoms with Crippen LogP contribution in [0.25, 0.3) is 0 Å². The molecular formula is C20H18ClN3O6S2. The maximum atomic E-state index is 12.6. The van der Waals surface area contributed by atoms with E-state index in [-0.39, 0.29) is 20.5 Å². The van der Waals surface area contributed by atoms with Gasteiger partial charge in [-0.15, -0.1) is 11.3 Å². The summed E-state index contributed by atoms with van der Waals surface area (Å²) in [6.07, 6.45) is 0. The van der Waals surface area contributed by atoms with Gasteiger partial charge in [0.25, 0.3) is 21.8 Å². The number of hydrazine groups is 1. The quantitative estimate of drug-likeness (QED) is 0.433. The van der Waals surface area contributed by atoms with Gasteiger partial charge in [-0.25, -0.2) is 8.42 Å². The van der Waals surface area contributed by atoms with Crippen LogP contribution in [0.4, 0.5) is 5.69 Å². The van der Waals surface area contributed by atoms with E-state index in [4.69, 9.17) is 16.3 Å². The number of rotatable bonds is 7. The number of nitrogens with zero attached hydrogens (tertiary/aromatic N) is 1. The second-order valence-electron chi connectivity index (χ2n) is 6.35. The summed E-state index contributed by atoms with van der Waals surface area (Å²) in [6.45, 7) is -0.412. The molecule has 0 saturated carbocycles. The number of phenols is 1. The molecule has 12 heteroatoms. The molecule has 32 heavy (non-hydrogen) atoms. The Balaban J connectivity index is 1.52. The lowest BCUT2D eigenvalue weighted by molar-refractivity contribution is -0.123. The van der Waals surface area contributed by atoms with Crippen molar-refractivity contribution in [2.24, 2.45) is 0 Å². The van der Waals surface area contributed by atoms with Crippen LogP contribution < -0.4 is 19.9 Å². The zero-order chi connectivity index (χ0) is 23.3. The van der Waals surface area contributed by atoms with Gasteiger partial charge in [0, 0.05) is 12.1 Å². The predicted molar refractivity (Wildman–Crippen MR) is 121 cm³/mol. The number of benzene rings is 2. The van der Waals surface area contributed by atoms with E-state index in [1.54, 1.807) is 23.6 Å². The third-order valence-electron chi connectivity index (χ3n) is 4.20. The molecule has 0 atom stereocenters. The Labute approximate surface area is 193 Å². The number of sulfonamides is 1. The van der Waals surface area contributed by atoms with Crippen molar-refractivity contribution in [3.63, 3.8) is 0 Å². The van der Waals surface area contributed by atoms with Crippen LogP contribution >= 0.6 is 22.9 Å². The zero-order valence-electron chi connectivity index (χ0n) is 16.6. The Bertz CT molecular complexity index is 1210. The second-order valence-corrected chi connectivity index (χ2v) is 9.93. The van der Waals surface area contributed by atoms with Crippen LogP contribution in [-0.4, -0.2) is 39.0 Å². The number of anilines is 1. The van der Waals surface area contributed by atoms with Crippen molar-refractivity contribution in [1.29, 1.82) is 0 Å². The number of carbonyl (C=O) groups is 2. The van der Waals surface area contributed by atoms with Crippen LogP contribution in [0.1, 0.15) is 10.4 Å². The maximum Gasteiger partial charge on any atom is 0.276 e. The van der Waals surface area contributed by atoms with Gasteiger partial charge >= 0.3 is 0 Å². The topological polar surface area (TPSA) is 125 Å². The van der Waals surface area contributed by atoms with E-state index in [1.807, 2.05) is 0 Å². The maximum absolute atomic E-state index is 12.6. The van der Waals surface area contributed by atoms with Crippen molar-refractivity contribution >= 4 is 50.5 Å². The summed E-state index contributed by atoms with van der Waals surface area (Å²) in [7, 11) is -2.21. The largest absolute Gasteiger partial charge is 0.507 e. The number of thiophene rings is 1. The molecule has 0 aliphatic rings. The van der Waals surface area contributed by atoms with E-state index in [9.17, 15) is 23.1 Å². The van der Waals surface area contributed by atoms with Gasteiger partial charge in [-0.2, -0.15) is 0 Å². The molecule has 0 saturated heterocycles. The molecule has 0 bridgehead atoms. The SMILES string of the molecule is CN(c1ccc(OCC(=O)NNC(=O)c2cc(Cl)ccc2O)cc1)S(=O)(=O)c1cccs1. The average molecular weight is 496 g/mol. The zero-order valence-corrected chi connectivity index (χ0v) is 19.0. The van der Waals surface area contributed by atoms with Gasteiger partial charge in [-0.1, -0.05) is 17.7 Å². The molecule has 0 aliphatic heterocycles. The van der Waals surface area contributed by atoms with Gasteiger partial charge in [0.15, 0.2) is 6.61 Å². The van der Waals surface area contributed by atoms with Crippen molar-refractivity contribution in [1.82, 2.24) is 10.9 Å². The van der Waals surface area contributed by atoms with Gasteiger partial charge in [0.2, 0.25) is 0 Å². The third-order valence-corrected chi connectivity index (χ3v) is 7.59. The number of nitrogens with one attached hydrogen (secondary N) is 2. The molecule has 0 aliphatic carbocycles. The minimum absolute atomic E-state index is 0.101. The molecule has 0 unspecified atom stereocenters. The van der Waals surface area contributed by atoms with E-state index in [1.165, 1.54) is 43.4 Å². The number of carbonyl (C=O) groups excluding carboxylic acids is 2. The number of ether oxygens (including phenoxy) is 1. The Morgan fingerprint density at radius 2 is 1.84 bits per heavy atom. The molecule has 3 aromatic rings. The molecule has 3 N–H and O–H groups in total. The molecular weight excluding hydrogens is 478 g/mol.